The van der Waals surface area contributed by atoms with Gasteiger partial charge >= 0.3 is 0 Å². The van der Waals surface area contributed by atoms with Crippen molar-refractivity contribution >= 4 is 0 Å². The maximum absolute atomic E-state index is 9.56. The average molecular weight is 219 g/mol. The zero-order chi connectivity index (χ0) is 11.7. The van der Waals surface area contributed by atoms with Crippen LogP contribution in [0.3, 0.4) is 0 Å². The highest BCUT2D eigenvalue weighted by atomic mass is 16.5. The molecule has 0 fully saturated rings. The summed E-state index contributed by atoms with van der Waals surface area (Å²) in [5.41, 5.74) is -0.0953. The highest BCUT2D eigenvalue weighted by Crippen LogP contribution is 2.13. The van der Waals surface area contributed by atoms with E-state index >= 15 is 0 Å². The minimum Gasteiger partial charge on any atom is -0.396 e. The van der Waals surface area contributed by atoms with Gasteiger partial charge in [0.15, 0.2) is 0 Å². The number of aliphatic hydroxyl groups is 2. The molecule has 0 aromatic rings. The standard InChI is InChI=1S/C11H25NO3/c1-4-11(3,6-7-13)12-8-10(14)9-15-5-2/h10,12-14H,4-9H2,1-3H3. The number of hydrogen-bond acceptors (Lipinski definition) is 4. The fourth-order valence-corrected chi connectivity index (χ4v) is 1.31. The van der Waals surface area contributed by atoms with E-state index in [1.54, 1.807) is 0 Å². The van der Waals surface area contributed by atoms with Crippen LogP contribution >= 0.6 is 0 Å². The predicted octanol–water partition coefficient (Wildman–Crippen LogP) is 0.524. The lowest BCUT2D eigenvalue weighted by Gasteiger charge is -2.30. The zero-order valence-electron chi connectivity index (χ0n) is 10.1. The summed E-state index contributed by atoms with van der Waals surface area (Å²) in [4.78, 5) is 0. The van der Waals surface area contributed by atoms with Crippen LogP contribution in [-0.2, 0) is 4.74 Å². The number of rotatable bonds is 9. The Morgan fingerprint density at radius 3 is 2.53 bits per heavy atom. The lowest BCUT2D eigenvalue weighted by atomic mass is 9.95. The van der Waals surface area contributed by atoms with Gasteiger partial charge in [0.05, 0.1) is 12.7 Å². The van der Waals surface area contributed by atoms with Crippen molar-refractivity contribution in [2.24, 2.45) is 0 Å². The molecule has 0 aromatic heterocycles. The largest absolute Gasteiger partial charge is 0.396 e. The molecule has 0 bridgehead atoms. The van der Waals surface area contributed by atoms with E-state index in [4.69, 9.17) is 9.84 Å². The van der Waals surface area contributed by atoms with Gasteiger partial charge in [-0.05, 0) is 26.7 Å². The van der Waals surface area contributed by atoms with Crippen molar-refractivity contribution in [3.63, 3.8) is 0 Å². The van der Waals surface area contributed by atoms with E-state index < -0.39 is 6.10 Å². The van der Waals surface area contributed by atoms with E-state index in [1.165, 1.54) is 0 Å². The molecule has 92 valence electrons. The van der Waals surface area contributed by atoms with Crippen LogP contribution in [-0.4, -0.2) is 48.2 Å². The molecular weight excluding hydrogens is 194 g/mol. The van der Waals surface area contributed by atoms with E-state index in [9.17, 15) is 5.11 Å². The van der Waals surface area contributed by atoms with E-state index in [-0.39, 0.29) is 12.1 Å². The summed E-state index contributed by atoms with van der Waals surface area (Å²) >= 11 is 0. The van der Waals surface area contributed by atoms with Gasteiger partial charge in [-0.3, -0.25) is 0 Å². The van der Waals surface area contributed by atoms with Crippen molar-refractivity contribution in [2.45, 2.75) is 45.3 Å². The first-order valence-electron chi connectivity index (χ1n) is 5.69. The Balaban J connectivity index is 3.78. The Kier molecular flexibility index (Phi) is 7.96. The highest BCUT2D eigenvalue weighted by molar-refractivity contribution is 4.82. The Morgan fingerprint density at radius 2 is 2.07 bits per heavy atom. The molecule has 3 N–H and O–H groups in total. The molecule has 2 atom stereocenters. The quantitative estimate of drug-likeness (QED) is 0.529. The van der Waals surface area contributed by atoms with Crippen LogP contribution in [0.1, 0.15) is 33.6 Å². The Hall–Kier alpha value is -0.160. The monoisotopic (exact) mass is 219 g/mol. The molecule has 0 radical (unpaired) electrons. The average Bonchev–Trinajstić information content (AvgIpc) is 2.24. The minimum atomic E-state index is -0.477. The lowest BCUT2D eigenvalue weighted by molar-refractivity contribution is 0.0372. The zero-order valence-corrected chi connectivity index (χ0v) is 10.1. The second-order valence-electron chi connectivity index (χ2n) is 4.08. The van der Waals surface area contributed by atoms with Crippen molar-refractivity contribution in [1.82, 2.24) is 5.32 Å². The molecule has 0 spiro atoms. The fourth-order valence-electron chi connectivity index (χ4n) is 1.31. The molecule has 2 unspecified atom stereocenters. The van der Waals surface area contributed by atoms with Crippen LogP contribution in [0.4, 0.5) is 0 Å². The van der Waals surface area contributed by atoms with Gasteiger partial charge in [0, 0.05) is 25.3 Å². The van der Waals surface area contributed by atoms with Crippen molar-refractivity contribution in [3.8, 4) is 0 Å². The molecule has 0 heterocycles. The van der Waals surface area contributed by atoms with E-state index in [2.05, 4.69) is 19.2 Å². The van der Waals surface area contributed by atoms with Crippen molar-refractivity contribution in [2.75, 3.05) is 26.4 Å². The molecule has 0 aliphatic heterocycles. The number of β-amino-alcohol motifs (C(OH)–C–C–N with tert-alkyl or cyclic N) is 1. The normalized spacial score (nSPS) is 17.4. The molecule has 0 aliphatic carbocycles. The second kappa shape index (κ2) is 8.05. The first kappa shape index (κ1) is 14.8. The van der Waals surface area contributed by atoms with E-state index in [0.29, 0.717) is 26.2 Å². The van der Waals surface area contributed by atoms with Gasteiger partial charge in [-0.15, -0.1) is 0 Å². The number of aliphatic hydroxyl groups excluding tert-OH is 2. The summed E-state index contributed by atoms with van der Waals surface area (Å²) in [5, 5.41) is 21.7. The first-order chi connectivity index (χ1) is 7.08. The van der Waals surface area contributed by atoms with Crippen molar-refractivity contribution in [3.05, 3.63) is 0 Å². The van der Waals surface area contributed by atoms with Gasteiger partial charge in [0.25, 0.3) is 0 Å². The van der Waals surface area contributed by atoms with Crippen molar-refractivity contribution in [1.29, 1.82) is 0 Å². The Morgan fingerprint density at radius 1 is 1.40 bits per heavy atom. The number of ether oxygens (including phenoxy) is 1. The maximum atomic E-state index is 9.56. The predicted molar refractivity (Wildman–Crippen MR) is 60.9 cm³/mol. The third-order valence-electron chi connectivity index (χ3n) is 2.72. The molecule has 0 aliphatic rings. The molecule has 0 rings (SSSR count). The molecule has 15 heavy (non-hydrogen) atoms. The van der Waals surface area contributed by atoms with Gasteiger partial charge in [0.1, 0.15) is 0 Å². The number of nitrogens with one attached hydrogen (secondary N) is 1. The lowest BCUT2D eigenvalue weighted by Crippen LogP contribution is -2.46. The summed E-state index contributed by atoms with van der Waals surface area (Å²) in [6, 6.07) is 0. The maximum Gasteiger partial charge on any atom is 0.0897 e. The van der Waals surface area contributed by atoms with Gasteiger partial charge in [-0.25, -0.2) is 0 Å². The van der Waals surface area contributed by atoms with Crippen LogP contribution in [0.2, 0.25) is 0 Å². The van der Waals surface area contributed by atoms with E-state index in [1.807, 2.05) is 6.92 Å². The molecule has 4 heteroatoms. The first-order valence-corrected chi connectivity index (χ1v) is 5.69. The summed E-state index contributed by atoms with van der Waals surface area (Å²) < 4.78 is 5.11. The van der Waals surface area contributed by atoms with Gasteiger partial charge < -0.3 is 20.3 Å². The third-order valence-corrected chi connectivity index (χ3v) is 2.72. The summed E-state index contributed by atoms with van der Waals surface area (Å²) in [6.45, 7) is 7.68. The minimum absolute atomic E-state index is 0.0953. The van der Waals surface area contributed by atoms with Crippen LogP contribution in [0.15, 0.2) is 0 Å². The van der Waals surface area contributed by atoms with Crippen molar-refractivity contribution < 1.29 is 14.9 Å². The summed E-state index contributed by atoms with van der Waals surface area (Å²) in [6.07, 6.45) is 1.15. The Bertz CT molecular complexity index is 155. The smallest absolute Gasteiger partial charge is 0.0897 e. The van der Waals surface area contributed by atoms with Crippen LogP contribution < -0.4 is 5.32 Å². The fraction of sp³-hybridized carbons (Fsp3) is 1.00. The molecule has 0 amide bonds. The second-order valence-corrected chi connectivity index (χ2v) is 4.08. The van der Waals surface area contributed by atoms with Crippen LogP contribution in [0.5, 0.6) is 0 Å². The topological polar surface area (TPSA) is 61.7 Å². The number of hydrogen-bond donors (Lipinski definition) is 3. The third kappa shape index (κ3) is 6.84. The molecule has 0 saturated carbocycles. The van der Waals surface area contributed by atoms with Crippen LogP contribution in [0, 0.1) is 0 Å². The van der Waals surface area contributed by atoms with Gasteiger partial charge in [0.2, 0.25) is 0 Å². The van der Waals surface area contributed by atoms with Crippen LogP contribution in [0.25, 0.3) is 0 Å². The van der Waals surface area contributed by atoms with Gasteiger partial charge in [-0.1, -0.05) is 6.92 Å². The molecular formula is C11H25NO3. The summed E-state index contributed by atoms with van der Waals surface area (Å²) in [5.74, 6) is 0. The highest BCUT2D eigenvalue weighted by Gasteiger charge is 2.21. The SMILES string of the molecule is CCOCC(O)CNC(C)(CC)CCO. The molecule has 0 saturated heterocycles. The molecule has 0 aromatic carbocycles. The Labute approximate surface area is 92.6 Å². The molecule has 4 nitrogen and oxygen atoms in total. The van der Waals surface area contributed by atoms with E-state index in [0.717, 1.165) is 6.42 Å². The van der Waals surface area contributed by atoms with Gasteiger partial charge in [-0.2, -0.15) is 0 Å². The summed E-state index contributed by atoms with van der Waals surface area (Å²) in [7, 11) is 0.